The van der Waals surface area contributed by atoms with E-state index in [0.717, 1.165) is 33.0 Å². The van der Waals surface area contributed by atoms with Crippen LogP contribution in [0.4, 0.5) is 0 Å². The van der Waals surface area contributed by atoms with Crippen LogP contribution < -0.4 is 0 Å². The molecule has 9 aromatic rings. The molecule has 5 aromatic carbocycles. The zero-order valence-corrected chi connectivity index (χ0v) is 30.8. The van der Waals surface area contributed by atoms with Crippen molar-refractivity contribution in [3.8, 4) is 68.1 Å². The fraction of sp³-hybridized carbons (Fsp3) is 0. The van der Waals surface area contributed by atoms with E-state index < -0.39 is 0 Å². The number of hydrogen-bond acceptors (Lipinski definition) is 8. The van der Waals surface area contributed by atoms with Crippen LogP contribution in [0, 0.1) is 0 Å². The molecule has 0 fully saturated rings. The zero-order chi connectivity index (χ0) is 36.8. The highest BCUT2D eigenvalue weighted by atomic mass is 35.5. The predicted octanol–water partition coefficient (Wildman–Crippen LogP) is 11.8. The number of halogens is 4. The van der Waals surface area contributed by atoms with E-state index in [-0.39, 0.29) is 0 Å². The van der Waals surface area contributed by atoms with Crippen LogP contribution in [0.5, 0.6) is 0 Å². The first-order chi connectivity index (χ1) is 26.4. The normalized spacial score (nSPS) is 11.3. The smallest absolute Gasteiger partial charge is 0.201 e. The van der Waals surface area contributed by atoms with Gasteiger partial charge in [-0.15, -0.1) is 20.4 Å². The maximum absolute atomic E-state index is 6.23. The lowest BCUT2D eigenvalue weighted by atomic mass is 10.0. The fourth-order valence-electron chi connectivity index (χ4n) is 6.11. The maximum atomic E-state index is 6.23. The number of pyridine rings is 2. The molecule has 0 aliphatic carbocycles. The average molecular weight is 781 g/mol. The summed E-state index contributed by atoms with van der Waals surface area (Å²) in [6.07, 6.45) is 0. The highest BCUT2D eigenvalue weighted by Crippen LogP contribution is 2.34. The Morgan fingerprint density at radius 3 is 0.907 bits per heavy atom. The van der Waals surface area contributed by atoms with E-state index >= 15 is 0 Å². The number of hydrogen-bond donors (Lipinski definition) is 0. The van der Waals surface area contributed by atoms with Crippen LogP contribution in [-0.2, 0) is 0 Å². The molecule has 8 nitrogen and oxygen atoms in total. The summed E-state index contributed by atoms with van der Waals surface area (Å²) in [6, 6.07) is 41.4. The van der Waals surface area contributed by atoms with E-state index in [0.29, 0.717) is 76.9 Å². The van der Waals surface area contributed by atoms with Gasteiger partial charge in [0.1, 0.15) is 34.2 Å². The van der Waals surface area contributed by atoms with Gasteiger partial charge in [-0.05, 0) is 60.7 Å². The third-order valence-corrected chi connectivity index (χ3v) is 9.83. The number of aromatic nitrogens is 8. The van der Waals surface area contributed by atoms with Crippen molar-refractivity contribution in [2.45, 2.75) is 0 Å². The van der Waals surface area contributed by atoms with Crippen molar-refractivity contribution in [1.82, 2.24) is 40.3 Å². The molecule has 0 bridgehead atoms. The SMILES string of the molecule is Clc1ccc(-c2nnc(-c3ccc4ccc5ccc(-c6nnc(-c7ccc(Cl)cc7)c(-c7ccc(Cl)cc7)n6)nc5c4n3)nc2-c2ccc(Cl)cc2)cc1. The first kappa shape index (κ1) is 33.9. The molecule has 12 heteroatoms. The third-order valence-electron chi connectivity index (χ3n) is 8.82. The Bertz CT molecular complexity index is 2650. The van der Waals surface area contributed by atoms with Crippen LogP contribution in [0.3, 0.4) is 0 Å². The Balaban J connectivity index is 1.17. The predicted molar refractivity (Wildman–Crippen MR) is 216 cm³/mol. The quantitative estimate of drug-likeness (QED) is 0.154. The van der Waals surface area contributed by atoms with E-state index in [1.807, 2.05) is 133 Å². The summed E-state index contributed by atoms with van der Waals surface area (Å²) in [7, 11) is 0. The van der Waals surface area contributed by atoms with Gasteiger partial charge >= 0.3 is 0 Å². The summed E-state index contributed by atoms with van der Waals surface area (Å²) in [5, 5.41) is 22.6. The van der Waals surface area contributed by atoms with Crippen molar-refractivity contribution in [1.29, 1.82) is 0 Å². The van der Waals surface area contributed by atoms with E-state index in [2.05, 4.69) is 20.4 Å². The van der Waals surface area contributed by atoms with Crippen LogP contribution >= 0.6 is 46.4 Å². The molecule has 0 atom stereocenters. The summed E-state index contributed by atoms with van der Waals surface area (Å²) < 4.78 is 0. The molecule has 0 radical (unpaired) electrons. The second-order valence-electron chi connectivity index (χ2n) is 12.3. The van der Waals surface area contributed by atoms with Gasteiger partial charge in [-0.2, -0.15) is 0 Å². The van der Waals surface area contributed by atoms with Crippen LogP contribution in [0.25, 0.3) is 89.9 Å². The molecule has 0 amide bonds. The standard InChI is InChI=1S/C42H22Cl4N8/c43-29-13-3-25(4-14-29)37-39(27-7-17-31(45)18-8-27)51-53-41(49-37)33-21-11-23-1-2-24-12-22-34(48-36(24)35(23)47-33)42-50-38(26-5-15-30(44)16-6-26)40(52-54-42)28-9-19-32(46)20-10-28/h1-22H. The number of benzene rings is 5. The molecule has 0 N–H and O–H groups in total. The zero-order valence-electron chi connectivity index (χ0n) is 27.8. The minimum Gasteiger partial charge on any atom is -0.242 e. The van der Waals surface area contributed by atoms with E-state index in [1.54, 1.807) is 0 Å². The Kier molecular flexibility index (Phi) is 8.89. The van der Waals surface area contributed by atoms with Gasteiger partial charge in [0, 0.05) is 53.1 Å². The molecule has 4 heterocycles. The van der Waals surface area contributed by atoms with Gasteiger partial charge in [0.05, 0.1) is 11.0 Å². The highest BCUT2D eigenvalue weighted by molar-refractivity contribution is 6.31. The van der Waals surface area contributed by atoms with Crippen LogP contribution in [-0.4, -0.2) is 40.3 Å². The highest BCUT2D eigenvalue weighted by Gasteiger charge is 2.19. The van der Waals surface area contributed by atoms with Crippen LogP contribution in [0.1, 0.15) is 0 Å². The largest absolute Gasteiger partial charge is 0.242 e. The van der Waals surface area contributed by atoms with Crippen molar-refractivity contribution < 1.29 is 0 Å². The summed E-state index contributed by atoms with van der Waals surface area (Å²) in [4.78, 5) is 20.1. The lowest BCUT2D eigenvalue weighted by Gasteiger charge is -2.11. The summed E-state index contributed by atoms with van der Waals surface area (Å²) in [5.74, 6) is 0.705. The Morgan fingerprint density at radius 2 is 0.574 bits per heavy atom. The molecule has 4 aromatic heterocycles. The lowest BCUT2D eigenvalue weighted by Crippen LogP contribution is -2.02. The molecular formula is C42H22Cl4N8. The molecule has 0 unspecified atom stereocenters. The van der Waals surface area contributed by atoms with Gasteiger partial charge in [0.2, 0.25) is 11.6 Å². The van der Waals surface area contributed by atoms with Gasteiger partial charge in [-0.1, -0.05) is 119 Å². The number of fused-ring (bicyclic) bond motifs is 3. The Hall–Kier alpha value is -5.90. The van der Waals surface area contributed by atoms with Gasteiger partial charge in [-0.25, -0.2) is 19.9 Å². The maximum Gasteiger partial charge on any atom is 0.201 e. The first-order valence-electron chi connectivity index (χ1n) is 16.6. The molecule has 258 valence electrons. The average Bonchev–Trinajstić information content (AvgIpc) is 3.21. The lowest BCUT2D eigenvalue weighted by molar-refractivity contribution is 0.983. The van der Waals surface area contributed by atoms with Crippen molar-refractivity contribution in [3.63, 3.8) is 0 Å². The van der Waals surface area contributed by atoms with Gasteiger partial charge in [0.25, 0.3) is 0 Å². The Morgan fingerprint density at radius 1 is 0.278 bits per heavy atom. The minimum atomic E-state index is 0.352. The molecule has 0 spiro atoms. The summed E-state index contributed by atoms with van der Waals surface area (Å²) in [5.41, 5.74) is 8.13. The molecule has 54 heavy (non-hydrogen) atoms. The second-order valence-corrected chi connectivity index (χ2v) is 14.0. The molecule has 0 aliphatic heterocycles. The van der Waals surface area contributed by atoms with Crippen LogP contribution in [0.2, 0.25) is 20.1 Å². The van der Waals surface area contributed by atoms with Gasteiger partial charge in [-0.3, -0.25) is 0 Å². The summed E-state index contributed by atoms with van der Waals surface area (Å²) >= 11 is 24.8. The Labute approximate surface area is 328 Å². The molecule has 0 aliphatic rings. The van der Waals surface area contributed by atoms with Crippen molar-refractivity contribution in [3.05, 3.63) is 154 Å². The number of rotatable bonds is 6. The van der Waals surface area contributed by atoms with Crippen molar-refractivity contribution in [2.75, 3.05) is 0 Å². The number of nitrogens with zero attached hydrogens (tertiary/aromatic N) is 8. The van der Waals surface area contributed by atoms with Gasteiger partial charge in [0.15, 0.2) is 0 Å². The van der Waals surface area contributed by atoms with Gasteiger partial charge < -0.3 is 0 Å². The van der Waals surface area contributed by atoms with E-state index in [4.69, 9.17) is 66.3 Å². The second kappa shape index (κ2) is 14.2. The first-order valence-corrected chi connectivity index (χ1v) is 18.1. The molecular weight excluding hydrogens is 758 g/mol. The van der Waals surface area contributed by atoms with Crippen LogP contribution in [0.15, 0.2) is 133 Å². The van der Waals surface area contributed by atoms with E-state index in [1.165, 1.54) is 0 Å². The minimum absolute atomic E-state index is 0.352. The molecule has 0 saturated heterocycles. The van der Waals surface area contributed by atoms with Crippen molar-refractivity contribution >= 4 is 68.2 Å². The van der Waals surface area contributed by atoms with Crippen molar-refractivity contribution in [2.24, 2.45) is 0 Å². The summed E-state index contributed by atoms with van der Waals surface area (Å²) in [6.45, 7) is 0. The molecule has 9 rings (SSSR count). The fourth-order valence-corrected chi connectivity index (χ4v) is 6.61. The van der Waals surface area contributed by atoms with E-state index in [9.17, 15) is 0 Å². The monoisotopic (exact) mass is 778 g/mol. The topological polar surface area (TPSA) is 103 Å². The molecule has 0 saturated carbocycles. The third kappa shape index (κ3) is 6.61.